The van der Waals surface area contributed by atoms with E-state index in [1.165, 1.54) is 20.3 Å². The second kappa shape index (κ2) is 25.9. The van der Waals surface area contributed by atoms with Crippen molar-refractivity contribution in [3.8, 4) is 22.8 Å². The normalized spacial score (nSPS) is 15.2. The zero-order valence-electron chi connectivity index (χ0n) is 42.4. The van der Waals surface area contributed by atoms with E-state index in [-0.39, 0.29) is 67.8 Å². The Hall–Kier alpha value is -6.42. The fourth-order valence-electron chi connectivity index (χ4n) is 9.65. The van der Waals surface area contributed by atoms with Crippen LogP contribution in [0, 0.1) is 11.7 Å². The Labute approximate surface area is 452 Å². The molecule has 0 bridgehead atoms. The smallest absolute Gasteiger partial charge is 0.232 e. The molecular weight excluding hydrogens is 1020 g/mol. The van der Waals surface area contributed by atoms with Crippen molar-refractivity contribution in [2.75, 3.05) is 65.2 Å². The van der Waals surface area contributed by atoms with Gasteiger partial charge in [0.25, 0.3) is 0 Å². The Morgan fingerprint density at radius 3 is 2.25 bits per heavy atom. The van der Waals surface area contributed by atoms with Crippen molar-refractivity contribution in [3.63, 3.8) is 0 Å². The van der Waals surface area contributed by atoms with Gasteiger partial charge in [-0.15, -0.1) is 0 Å². The van der Waals surface area contributed by atoms with Crippen LogP contribution >= 0.6 is 34.8 Å². The lowest BCUT2D eigenvalue weighted by molar-refractivity contribution is -0.137. The highest BCUT2D eigenvalue weighted by molar-refractivity contribution is 6.32. The first kappa shape index (κ1) is 54.8. The predicted octanol–water partition coefficient (Wildman–Crippen LogP) is 11.2. The molecule has 13 nitrogen and oxygen atoms in total. The highest BCUT2D eigenvalue weighted by Crippen LogP contribution is 2.39. The third kappa shape index (κ3) is 13.9. The number of benzene rings is 5. The third-order valence-corrected chi connectivity index (χ3v) is 13.9. The summed E-state index contributed by atoms with van der Waals surface area (Å²) in [6, 6.07) is 30.8. The second-order valence-electron chi connectivity index (χ2n) is 18.9. The van der Waals surface area contributed by atoms with Gasteiger partial charge in [0.1, 0.15) is 29.6 Å². The molecule has 0 unspecified atom stereocenters. The molecule has 2 atom stereocenters. The van der Waals surface area contributed by atoms with Crippen LogP contribution in [0.3, 0.4) is 0 Å². The Morgan fingerprint density at radius 1 is 0.800 bits per heavy atom. The first-order valence-electron chi connectivity index (χ1n) is 25.0. The quantitative estimate of drug-likeness (QED) is 0.0396. The minimum atomic E-state index is -0.467. The topological polar surface area (TPSA) is 145 Å². The number of rotatable bonds is 22. The number of piperazine rings is 1. The molecule has 392 valence electrons. The van der Waals surface area contributed by atoms with Crippen LogP contribution in [0.2, 0.25) is 15.1 Å². The van der Waals surface area contributed by atoms with Gasteiger partial charge in [-0.1, -0.05) is 79.0 Å². The van der Waals surface area contributed by atoms with Gasteiger partial charge in [-0.3, -0.25) is 19.4 Å². The Kier molecular flexibility index (Phi) is 18.9. The summed E-state index contributed by atoms with van der Waals surface area (Å²) in [5.41, 5.74) is 6.79. The lowest BCUT2D eigenvalue weighted by Gasteiger charge is -2.49. The summed E-state index contributed by atoms with van der Waals surface area (Å²) in [7, 11) is 3.02. The number of aliphatic imine (C=N–C) groups is 1. The maximum atomic E-state index is 15.4. The summed E-state index contributed by atoms with van der Waals surface area (Å²) < 4.78 is 38.0. The largest absolute Gasteiger partial charge is 0.496 e. The number of halogens is 4. The van der Waals surface area contributed by atoms with Crippen molar-refractivity contribution in [1.29, 1.82) is 0 Å². The fraction of sp³-hybridized carbons (Fsp3) is 0.345. The van der Waals surface area contributed by atoms with Crippen LogP contribution in [0.1, 0.15) is 89.6 Å². The molecule has 2 amide bonds. The number of Topliss-reactive ketones (excluding diaryl/α,β-unsaturated/α-hetero) is 1. The van der Waals surface area contributed by atoms with Crippen LogP contribution in [-0.2, 0) is 32.0 Å². The van der Waals surface area contributed by atoms with Gasteiger partial charge in [0.15, 0.2) is 5.78 Å². The molecule has 0 radical (unpaired) electrons. The summed E-state index contributed by atoms with van der Waals surface area (Å²) in [6.45, 7) is 6.88. The number of hydrogen-bond acceptors (Lipinski definition) is 11. The summed E-state index contributed by atoms with van der Waals surface area (Å²) in [5.74, 6) is 0.554. The number of ether oxygens (including phenoxy) is 4. The summed E-state index contributed by atoms with van der Waals surface area (Å²) >= 11 is 19.0. The van der Waals surface area contributed by atoms with Gasteiger partial charge in [-0.25, -0.2) is 14.4 Å². The van der Waals surface area contributed by atoms with E-state index in [4.69, 9.17) is 63.7 Å². The molecular formula is C58H60Cl3FN6O7. The van der Waals surface area contributed by atoms with Gasteiger partial charge < -0.3 is 34.1 Å². The van der Waals surface area contributed by atoms with E-state index < -0.39 is 5.82 Å². The number of aromatic nitrogens is 2. The maximum absolute atomic E-state index is 15.4. The van der Waals surface area contributed by atoms with E-state index in [1.807, 2.05) is 66.7 Å². The Bertz CT molecular complexity index is 3010. The van der Waals surface area contributed by atoms with Gasteiger partial charge >= 0.3 is 0 Å². The van der Waals surface area contributed by atoms with Crippen LogP contribution < -0.4 is 19.7 Å². The van der Waals surface area contributed by atoms with E-state index in [0.29, 0.717) is 107 Å². The van der Waals surface area contributed by atoms with Crippen molar-refractivity contribution >= 4 is 63.8 Å². The molecule has 5 aromatic carbocycles. The number of fused-ring (bicyclic) bond motifs is 3. The Balaban J connectivity index is 0.764. The molecule has 3 heterocycles. The van der Waals surface area contributed by atoms with E-state index in [9.17, 15) is 14.4 Å². The molecule has 75 heavy (non-hydrogen) atoms. The number of anilines is 1. The first-order valence-corrected chi connectivity index (χ1v) is 26.1. The minimum Gasteiger partial charge on any atom is -0.496 e. The maximum Gasteiger partial charge on any atom is 0.232 e. The fourth-order valence-corrected chi connectivity index (χ4v) is 10.1. The second-order valence-corrected chi connectivity index (χ2v) is 20.2. The van der Waals surface area contributed by atoms with Crippen LogP contribution in [0.15, 0.2) is 114 Å². The number of nitrogens with one attached hydrogen (secondary N) is 1. The van der Waals surface area contributed by atoms with Gasteiger partial charge in [-0.2, -0.15) is 0 Å². The molecule has 1 fully saturated rings. The summed E-state index contributed by atoms with van der Waals surface area (Å²) in [6.07, 6.45) is 3.41. The van der Waals surface area contributed by atoms with E-state index in [2.05, 4.69) is 29.0 Å². The molecule has 0 aliphatic carbocycles. The van der Waals surface area contributed by atoms with Crippen molar-refractivity contribution in [2.45, 2.75) is 64.6 Å². The predicted molar refractivity (Wildman–Crippen MR) is 291 cm³/mol. The lowest BCUT2D eigenvalue weighted by Crippen LogP contribution is -2.57. The van der Waals surface area contributed by atoms with Crippen molar-refractivity contribution in [3.05, 3.63) is 169 Å². The van der Waals surface area contributed by atoms with Gasteiger partial charge in [0.05, 0.1) is 69.2 Å². The van der Waals surface area contributed by atoms with Crippen molar-refractivity contribution in [2.24, 2.45) is 10.9 Å². The van der Waals surface area contributed by atoms with Crippen molar-refractivity contribution in [1.82, 2.24) is 20.2 Å². The molecule has 1 N–H and O–H groups in total. The molecule has 2 aliphatic rings. The molecule has 17 heteroatoms. The Morgan fingerprint density at radius 2 is 1.52 bits per heavy atom. The number of hydrogen-bond donors (Lipinski definition) is 1. The number of carbonyl (C=O) groups excluding carboxylic acids is 3. The highest BCUT2D eigenvalue weighted by atomic mass is 35.5. The lowest BCUT2D eigenvalue weighted by atomic mass is 9.92. The van der Waals surface area contributed by atoms with Crippen molar-refractivity contribution < 1.29 is 37.7 Å². The van der Waals surface area contributed by atoms with E-state index in [0.717, 1.165) is 34.4 Å². The molecule has 2 aliphatic heterocycles. The molecule has 8 rings (SSSR count). The molecule has 1 aromatic heterocycles. The number of ketones is 1. The minimum absolute atomic E-state index is 0.00248. The standard InChI is InChI=1S/C58H60Cl3FN6O7/c1-36(2)27-44-34-67(35-49(38-11-13-40(59)14-12-38)68(44)43-18-15-41(60)16-19-43)55(71)31-54(70)63-22-24-75-26-25-74-23-6-8-50(69)46-20-10-37(28-52(46)73-4)29-53-64-32-39-33-65-58(56-48(62)7-5-9-51(56)72-3)47-30-42(61)17-21-45(47)57(39)66-53/h5,7,9-21,28,30,32,36,44,49H,6,8,22-27,29,31,33-35H2,1-4H3,(H,63,70)/t44-,49-/m0/s1. The zero-order chi connectivity index (χ0) is 53.0. The van der Waals surface area contributed by atoms with Crippen LogP contribution in [0.4, 0.5) is 10.1 Å². The van der Waals surface area contributed by atoms with Crippen LogP contribution in [-0.4, -0.2) is 105 Å². The first-order chi connectivity index (χ1) is 36.3. The average molecular weight is 1080 g/mol. The number of methoxy groups -OCH3 is 2. The monoisotopic (exact) mass is 1080 g/mol. The molecule has 6 aromatic rings. The molecule has 1 saturated heterocycles. The van der Waals surface area contributed by atoms with Crippen LogP contribution in [0.5, 0.6) is 11.5 Å². The van der Waals surface area contributed by atoms with Gasteiger partial charge in [-0.05, 0) is 103 Å². The molecule has 0 spiro atoms. The third-order valence-electron chi connectivity index (χ3n) is 13.1. The number of carbonyl (C=O) groups is 3. The van der Waals surface area contributed by atoms with Gasteiger partial charge in [0.2, 0.25) is 11.8 Å². The van der Waals surface area contributed by atoms with Gasteiger partial charge in [0, 0.05) is 88.8 Å². The number of amides is 2. The SMILES string of the molecule is COc1cc(Cc2ncc3c(n2)-c2ccc(Cl)cc2C(c2c(F)cccc2OC)=NC3)ccc1C(=O)CCCOCCOCCNC(=O)CC(=O)N1C[C@H](CC(C)C)N(c2ccc(Cl)cc2)[C@H](c2ccc(Cl)cc2)C1. The molecule has 0 saturated carbocycles. The van der Waals surface area contributed by atoms with E-state index >= 15 is 4.39 Å². The number of nitrogens with zero attached hydrogens (tertiary/aromatic N) is 5. The van der Waals surface area contributed by atoms with Crippen LogP contribution in [0.25, 0.3) is 11.3 Å². The average Bonchev–Trinajstić information content (AvgIpc) is 3.55. The summed E-state index contributed by atoms with van der Waals surface area (Å²) in [4.78, 5) is 58.7. The zero-order valence-corrected chi connectivity index (χ0v) is 44.7. The van der Waals surface area contributed by atoms with E-state index in [1.54, 1.807) is 41.4 Å². The summed E-state index contributed by atoms with van der Waals surface area (Å²) in [5, 5.41) is 4.56. The highest BCUT2D eigenvalue weighted by Gasteiger charge is 2.38.